The maximum atomic E-state index is 13.0. The fourth-order valence-electron chi connectivity index (χ4n) is 3.11. The van der Waals surface area contributed by atoms with Gasteiger partial charge in [0.05, 0.1) is 0 Å². The van der Waals surface area contributed by atoms with Gasteiger partial charge < -0.3 is 15.5 Å². The standard InChI is InChI=1S/C21H24FN5O3/c1-13(2)19(28)26-18-17(23-9-10-24-18)20(29)25-16-7-11-27(12-8-16)21(30)14-3-5-15(22)6-4-14/h3-6,9-10,13,16H,7-8,11-12H2,1-2H3,(H,25,29)(H,24,26,28). The van der Waals surface area contributed by atoms with Crippen molar-refractivity contribution in [3.05, 3.63) is 53.7 Å². The van der Waals surface area contributed by atoms with Crippen LogP contribution in [0.5, 0.6) is 0 Å². The summed E-state index contributed by atoms with van der Waals surface area (Å²) in [6.07, 6.45) is 3.95. The highest BCUT2D eigenvalue weighted by molar-refractivity contribution is 6.01. The van der Waals surface area contributed by atoms with E-state index >= 15 is 0 Å². The average Bonchev–Trinajstić information content (AvgIpc) is 2.74. The molecule has 0 saturated carbocycles. The average molecular weight is 413 g/mol. The van der Waals surface area contributed by atoms with Crippen LogP contribution in [0.15, 0.2) is 36.7 Å². The van der Waals surface area contributed by atoms with Crippen LogP contribution >= 0.6 is 0 Å². The van der Waals surface area contributed by atoms with Crippen molar-refractivity contribution >= 4 is 23.5 Å². The number of benzene rings is 1. The highest BCUT2D eigenvalue weighted by Crippen LogP contribution is 2.16. The number of nitrogens with zero attached hydrogens (tertiary/aromatic N) is 3. The maximum Gasteiger partial charge on any atom is 0.273 e. The van der Waals surface area contributed by atoms with E-state index in [-0.39, 0.29) is 41.1 Å². The lowest BCUT2D eigenvalue weighted by Gasteiger charge is -2.32. The summed E-state index contributed by atoms with van der Waals surface area (Å²) in [7, 11) is 0. The normalized spacial score (nSPS) is 14.5. The van der Waals surface area contributed by atoms with E-state index in [1.165, 1.54) is 36.7 Å². The van der Waals surface area contributed by atoms with E-state index in [0.717, 1.165) is 0 Å². The summed E-state index contributed by atoms with van der Waals surface area (Å²) in [5, 5.41) is 5.52. The number of amides is 3. The highest BCUT2D eigenvalue weighted by Gasteiger charge is 2.26. The van der Waals surface area contributed by atoms with Crippen LogP contribution in [0.1, 0.15) is 47.5 Å². The van der Waals surface area contributed by atoms with Gasteiger partial charge in [0.15, 0.2) is 11.5 Å². The Morgan fingerprint density at radius 1 is 1.07 bits per heavy atom. The Labute approximate surface area is 173 Å². The Morgan fingerprint density at radius 3 is 2.33 bits per heavy atom. The van der Waals surface area contributed by atoms with Crippen LogP contribution in [-0.2, 0) is 4.79 Å². The molecule has 0 aliphatic carbocycles. The van der Waals surface area contributed by atoms with Crippen molar-refractivity contribution in [2.75, 3.05) is 18.4 Å². The zero-order chi connectivity index (χ0) is 21.7. The maximum absolute atomic E-state index is 13.0. The van der Waals surface area contributed by atoms with Gasteiger partial charge in [-0.15, -0.1) is 0 Å². The summed E-state index contributed by atoms with van der Waals surface area (Å²) in [5.74, 6) is -1.36. The second-order valence-corrected chi connectivity index (χ2v) is 7.44. The predicted molar refractivity (Wildman–Crippen MR) is 108 cm³/mol. The molecule has 1 fully saturated rings. The van der Waals surface area contributed by atoms with E-state index in [0.29, 0.717) is 31.5 Å². The molecule has 0 atom stereocenters. The second-order valence-electron chi connectivity index (χ2n) is 7.44. The molecule has 30 heavy (non-hydrogen) atoms. The minimum Gasteiger partial charge on any atom is -0.348 e. The molecule has 2 heterocycles. The molecule has 0 radical (unpaired) electrons. The summed E-state index contributed by atoms with van der Waals surface area (Å²) < 4.78 is 13.0. The number of rotatable bonds is 5. The van der Waals surface area contributed by atoms with Crippen molar-refractivity contribution < 1.29 is 18.8 Å². The summed E-state index contributed by atoms with van der Waals surface area (Å²) in [4.78, 5) is 46.9. The monoisotopic (exact) mass is 413 g/mol. The fourth-order valence-corrected chi connectivity index (χ4v) is 3.11. The van der Waals surface area contributed by atoms with Crippen molar-refractivity contribution in [3.63, 3.8) is 0 Å². The first-order chi connectivity index (χ1) is 14.3. The van der Waals surface area contributed by atoms with Crippen LogP contribution in [-0.4, -0.2) is 51.7 Å². The van der Waals surface area contributed by atoms with Crippen LogP contribution in [0.3, 0.4) is 0 Å². The quantitative estimate of drug-likeness (QED) is 0.782. The minimum absolute atomic E-state index is 0.0521. The molecular formula is C21H24FN5O3. The van der Waals surface area contributed by atoms with Gasteiger partial charge in [-0.25, -0.2) is 14.4 Å². The summed E-state index contributed by atoms with van der Waals surface area (Å²) >= 11 is 0. The van der Waals surface area contributed by atoms with Gasteiger partial charge in [-0.05, 0) is 37.1 Å². The van der Waals surface area contributed by atoms with Gasteiger partial charge in [-0.1, -0.05) is 13.8 Å². The molecule has 1 aromatic carbocycles. The van der Waals surface area contributed by atoms with E-state index in [1.807, 2.05) is 0 Å². The Bertz CT molecular complexity index is 924. The fraction of sp³-hybridized carbons (Fsp3) is 0.381. The molecule has 9 heteroatoms. The molecule has 1 aromatic heterocycles. The number of nitrogens with one attached hydrogen (secondary N) is 2. The van der Waals surface area contributed by atoms with E-state index < -0.39 is 5.91 Å². The lowest BCUT2D eigenvalue weighted by molar-refractivity contribution is -0.118. The highest BCUT2D eigenvalue weighted by atomic mass is 19.1. The van der Waals surface area contributed by atoms with Crippen molar-refractivity contribution in [1.29, 1.82) is 0 Å². The van der Waals surface area contributed by atoms with Crippen molar-refractivity contribution in [2.45, 2.75) is 32.7 Å². The molecule has 158 valence electrons. The first kappa shape index (κ1) is 21.4. The molecule has 1 aliphatic rings. The molecule has 1 aliphatic heterocycles. The number of carbonyl (C=O) groups is 3. The largest absolute Gasteiger partial charge is 0.348 e. The summed E-state index contributed by atoms with van der Waals surface area (Å²) in [6.45, 7) is 4.43. The topological polar surface area (TPSA) is 104 Å². The first-order valence-electron chi connectivity index (χ1n) is 9.82. The van der Waals surface area contributed by atoms with Crippen molar-refractivity contribution in [1.82, 2.24) is 20.2 Å². The number of hydrogen-bond donors (Lipinski definition) is 2. The molecule has 3 rings (SSSR count). The molecular weight excluding hydrogens is 389 g/mol. The van der Waals surface area contributed by atoms with Gasteiger partial charge in [-0.2, -0.15) is 0 Å². The van der Waals surface area contributed by atoms with Crippen molar-refractivity contribution in [2.24, 2.45) is 5.92 Å². The zero-order valence-corrected chi connectivity index (χ0v) is 16.9. The number of hydrogen-bond acceptors (Lipinski definition) is 5. The van der Waals surface area contributed by atoms with Gasteiger partial charge in [0, 0.05) is 43.0 Å². The number of piperidine rings is 1. The van der Waals surface area contributed by atoms with Crippen molar-refractivity contribution in [3.8, 4) is 0 Å². The lowest BCUT2D eigenvalue weighted by atomic mass is 10.0. The number of likely N-dealkylation sites (tertiary alicyclic amines) is 1. The van der Waals surface area contributed by atoms with Gasteiger partial charge in [0.1, 0.15) is 5.82 Å². The van der Waals surface area contributed by atoms with E-state index in [4.69, 9.17) is 0 Å². The number of carbonyl (C=O) groups excluding carboxylic acids is 3. The Balaban J connectivity index is 1.57. The predicted octanol–water partition coefficient (Wildman–Crippen LogP) is 2.24. The lowest BCUT2D eigenvalue weighted by Crippen LogP contribution is -2.46. The smallest absolute Gasteiger partial charge is 0.273 e. The SMILES string of the molecule is CC(C)C(=O)Nc1nccnc1C(=O)NC1CCN(C(=O)c2ccc(F)cc2)CC1. The molecule has 0 bridgehead atoms. The molecule has 2 N–H and O–H groups in total. The van der Waals surface area contributed by atoms with Crippen LogP contribution in [0, 0.1) is 11.7 Å². The second kappa shape index (κ2) is 9.43. The molecule has 2 aromatic rings. The number of halogens is 1. The summed E-state index contributed by atoms with van der Waals surface area (Å²) in [5.41, 5.74) is 0.486. The zero-order valence-electron chi connectivity index (χ0n) is 16.9. The Kier molecular flexibility index (Phi) is 6.71. The number of aromatic nitrogens is 2. The van der Waals surface area contributed by atoms with Crippen LogP contribution < -0.4 is 10.6 Å². The first-order valence-corrected chi connectivity index (χ1v) is 9.82. The van der Waals surface area contributed by atoms with Gasteiger partial charge in [0.25, 0.3) is 11.8 Å². The molecule has 3 amide bonds. The third-order valence-corrected chi connectivity index (χ3v) is 4.89. The van der Waals surface area contributed by atoms with Gasteiger partial charge in [-0.3, -0.25) is 14.4 Å². The third-order valence-electron chi connectivity index (χ3n) is 4.89. The molecule has 8 nitrogen and oxygen atoms in total. The van der Waals surface area contributed by atoms with E-state index in [2.05, 4.69) is 20.6 Å². The molecule has 0 spiro atoms. The third kappa shape index (κ3) is 5.16. The molecule has 0 unspecified atom stereocenters. The summed E-state index contributed by atoms with van der Waals surface area (Å²) in [6, 6.07) is 5.32. The van der Waals surface area contributed by atoms with Gasteiger partial charge in [0.2, 0.25) is 5.91 Å². The Morgan fingerprint density at radius 2 is 1.70 bits per heavy atom. The van der Waals surface area contributed by atoms with Crippen LogP contribution in [0.2, 0.25) is 0 Å². The van der Waals surface area contributed by atoms with E-state index in [1.54, 1.807) is 18.7 Å². The Hall–Kier alpha value is -3.36. The molecule has 1 saturated heterocycles. The number of anilines is 1. The van der Waals surface area contributed by atoms with E-state index in [9.17, 15) is 18.8 Å². The minimum atomic E-state index is -0.425. The van der Waals surface area contributed by atoms with Crippen LogP contribution in [0.25, 0.3) is 0 Å². The van der Waals surface area contributed by atoms with Gasteiger partial charge >= 0.3 is 0 Å². The van der Waals surface area contributed by atoms with Crippen LogP contribution in [0.4, 0.5) is 10.2 Å².